The van der Waals surface area contributed by atoms with Gasteiger partial charge in [0.15, 0.2) is 17.9 Å². The van der Waals surface area contributed by atoms with E-state index in [1.165, 1.54) is 15.9 Å². The number of amidine groups is 1. The van der Waals surface area contributed by atoms with Crippen molar-refractivity contribution < 1.29 is 29.3 Å². The topological polar surface area (TPSA) is 180 Å². The summed E-state index contributed by atoms with van der Waals surface area (Å²) in [7, 11) is -2.56. The maximum Gasteiger partial charge on any atom is 0.325 e. The maximum atomic E-state index is 11.1. The first-order valence-electron chi connectivity index (χ1n) is 8.17. The molecule has 0 bridgehead atoms. The van der Waals surface area contributed by atoms with E-state index in [1.807, 2.05) is 0 Å². The predicted octanol–water partition coefficient (Wildman–Crippen LogP) is -1.31. The number of hydrogen-bond acceptors (Lipinski definition) is 9. The van der Waals surface area contributed by atoms with E-state index >= 15 is 0 Å². The fourth-order valence-corrected chi connectivity index (χ4v) is 4.05. The Hall–Kier alpha value is -2.08. The normalized spacial score (nSPS) is 28.0. The molecule has 12 nitrogen and oxygen atoms in total. The number of ether oxygens (including phenoxy) is 1. The van der Waals surface area contributed by atoms with Crippen LogP contribution in [0.25, 0.3) is 11.0 Å². The molecular formula is C14H19N6O6P. The summed E-state index contributed by atoms with van der Waals surface area (Å²) in [6.45, 7) is 0. The molecule has 4 heterocycles. The Morgan fingerprint density at radius 3 is 2.74 bits per heavy atom. The van der Waals surface area contributed by atoms with Gasteiger partial charge in [-0.15, -0.1) is 0 Å². The van der Waals surface area contributed by atoms with Gasteiger partial charge in [0.25, 0.3) is 0 Å². The lowest BCUT2D eigenvalue weighted by atomic mass is 10.1. The Morgan fingerprint density at radius 2 is 2.04 bits per heavy atom. The fourth-order valence-electron chi connectivity index (χ4n) is 3.46. The van der Waals surface area contributed by atoms with Crippen LogP contribution in [-0.4, -0.2) is 71.9 Å². The molecule has 0 amide bonds. The van der Waals surface area contributed by atoms with E-state index in [-0.39, 0.29) is 12.3 Å². The van der Waals surface area contributed by atoms with Crippen LogP contribution < -0.4 is 10.7 Å². The lowest BCUT2D eigenvalue weighted by Gasteiger charge is -2.19. The first-order chi connectivity index (χ1) is 12.7. The van der Waals surface area contributed by atoms with E-state index in [0.717, 1.165) is 0 Å². The SMILES string of the molecule is CN1N=C(N)c2cn([C@@H]3O[C@H](CCP(=O)(O)O)[C@@H](O)[C@H]3O)c3ncnc1c23. The minimum atomic E-state index is -4.25. The number of hydrazone groups is 1. The Bertz CT molecular complexity index is 972. The first kappa shape index (κ1) is 18.3. The summed E-state index contributed by atoms with van der Waals surface area (Å²) < 4.78 is 18.3. The highest BCUT2D eigenvalue weighted by Crippen LogP contribution is 2.41. The van der Waals surface area contributed by atoms with Crippen molar-refractivity contribution in [1.82, 2.24) is 14.5 Å². The van der Waals surface area contributed by atoms with Gasteiger partial charge in [-0.05, 0) is 6.42 Å². The molecule has 1 saturated heterocycles. The molecule has 6 N–H and O–H groups in total. The molecule has 2 aromatic rings. The van der Waals surface area contributed by atoms with E-state index in [4.69, 9.17) is 20.3 Å². The van der Waals surface area contributed by atoms with Gasteiger partial charge in [0.1, 0.15) is 24.2 Å². The van der Waals surface area contributed by atoms with E-state index < -0.39 is 38.3 Å². The van der Waals surface area contributed by atoms with Crippen molar-refractivity contribution in [3.8, 4) is 0 Å². The largest absolute Gasteiger partial charge is 0.388 e. The van der Waals surface area contributed by atoms with Gasteiger partial charge >= 0.3 is 7.60 Å². The van der Waals surface area contributed by atoms with Gasteiger partial charge < -0.3 is 35.0 Å². The van der Waals surface area contributed by atoms with Crippen LogP contribution in [0.15, 0.2) is 17.6 Å². The summed E-state index contributed by atoms with van der Waals surface area (Å²) in [5.41, 5.74) is 7.00. The van der Waals surface area contributed by atoms with Crippen molar-refractivity contribution in [2.75, 3.05) is 18.2 Å². The maximum absolute atomic E-state index is 11.1. The molecule has 13 heteroatoms. The molecular weight excluding hydrogens is 379 g/mol. The number of rotatable bonds is 4. The van der Waals surface area contributed by atoms with E-state index in [2.05, 4.69) is 15.1 Å². The highest BCUT2D eigenvalue weighted by molar-refractivity contribution is 7.51. The van der Waals surface area contributed by atoms with Gasteiger partial charge in [-0.2, -0.15) is 5.10 Å². The average molecular weight is 398 g/mol. The summed E-state index contributed by atoms with van der Waals surface area (Å²) in [4.78, 5) is 26.5. The van der Waals surface area contributed by atoms with Gasteiger partial charge in [-0.3, -0.25) is 4.57 Å². The number of aliphatic hydroxyl groups excluding tert-OH is 2. The molecule has 0 unspecified atom stereocenters. The predicted molar refractivity (Wildman–Crippen MR) is 94.1 cm³/mol. The van der Waals surface area contributed by atoms with Gasteiger partial charge in [-0.25, -0.2) is 15.0 Å². The van der Waals surface area contributed by atoms with Crippen LogP contribution in [-0.2, 0) is 9.30 Å². The van der Waals surface area contributed by atoms with Crippen LogP contribution >= 0.6 is 7.60 Å². The first-order valence-corrected chi connectivity index (χ1v) is 9.97. The van der Waals surface area contributed by atoms with Crippen molar-refractivity contribution in [2.45, 2.75) is 31.0 Å². The summed E-state index contributed by atoms with van der Waals surface area (Å²) in [5, 5.41) is 27.0. The molecule has 1 fully saturated rings. The van der Waals surface area contributed by atoms with Gasteiger partial charge in [0, 0.05) is 18.8 Å². The molecule has 2 aliphatic rings. The molecule has 4 rings (SSSR count). The number of aromatic nitrogens is 3. The van der Waals surface area contributed by atoms with E-state index in [1.54, 1.807) is 13.2 Å². The lowest BCUT2D eigenvalue weighted by Crippen LogP contribution is -2.31. The van der Waals surface area contributed by atoms with Crippen molar-refractivity contribution >= 4 is 30.3 Å². The minimum absolute atomic E-state index is 0.0996. The number of nitrogens with two attached hydrogens (primary N) is 1. The Kier molecular flexibility index (Phi) is 4.22. The number of hydrogen-bond donors (Lipinski definition) is 5. The van der Waals surface area contributed by atoms with Gasteiger partial charge in [0.2, 0.25) is 0 Å². The Labute approximate surface area is 153 Å². The van der Waals surface area contributed by atoms with Crippen LogP contribution in [0, 0.1) is 0 Å². The second-order valence-corrected chi connectivity index (χ2v) is 8.35. The Balaban J connectivity index is 1.72. The van der Waals surface area contributed by atoms with E-state index in [0.29, 0.717) is 22.4 Å². The lowest BCUT2D eigenvalue weighted by molar-refractivity contribution is -0.0352. The molecule has 0 aromatic carbocycles. The molecule has 0 saturated carbocycles. The van der Waals surface area contributed by atoms with Crippen molar-refractivity contribution in [1.29, 1.82) is 0 Å². The van der Waals surface area contributed by atoms with Crippen LogP contribution in [0.2, 0.25) is 0 Å². The third-order valence-corrected chi connectivity index (χ3v) is 5.59. The number of anilines is 1. The zero-order valence-corrected chi connectivity index (χ0v) is 15.1. The molecule has 27 heavy (non-hydrogen) atoms. The molecule has 2 aromatic heterocycles. The van der Waals surface area contributed by atoms with Gasteiger partial charge in [0.05, 0.1) is 17.7 Å². The molecule has 0 aliphatic carbocycles. The zero-order valence-electron chi connectivity index (χ0n) is 14.2. The van der Waals surface area contributed by atoms with Crippen molar-refractivity contribution in [2.24, 2.45) is 10.8 Å². The molecule has 2 aliphatic heterocycles. The standard InChI is InChI=1S/C14H19N6O6P/c1-19-12-8-6(11(15)18-19)4-20(13(8)17-5-16-12)14-10(22)9(21)7(26-14)2-3-27(23,24)25/h4-5,7,9-10,14,21-22H,2-3H2,1H3,(H2,15,18)(H2,23,24,25)/t7-,9-,10-,14-/m1/s1. The van der Waals surface area contributed by atoms with Crippen LogP contribution in [0.4, 0.5) is 5.82 Å². The molecule has 4 atom stereocenters. The third kappa shape index (κ3) is 3.00. The molecule has 146 valence electrons. The summed E-state index contributed by atoms with van der Waals surface area (Å²) in [5.74, 6) is 0.781. The fraction of sp³-hybridized carbons (Fsp3) is 0.500. The number of nitrogens with zero attached hydrogens (tertiary/aromatic N) is 5. The summed E-state index contributed by atoms with van der Waals surface area (Å²) in [6.07, 6.45) is -2.15. The quantitative estimate of drug-likeness (QED) is 0.388. The second kappa shape index (κ2) is 6.23. The highest BCUT2D eigenvalue weighted by atomic mass is 31.2. The Morgan fingerprint density at radius 1 is 1.30 bits per heavy atom. The zero-order chi connectivity index (χ0) is 19.5. The van der Waals surface area contributed by atoms with Crippen LogP contribution in [0.5, 0.6) is 0 Å². The van der Waals surface area contributed by atoms with Crippen molar-refractivity contribution in [3.05, 3.63) is 18.1 Å². The molecule has 0 radical (unpaired) electrons. The third-order valence-electron chi connectivity index (χ3n) is 4.75. The van der Waals surface area contributed by atoms with Gasteiger partial charge in [-0.1, -0.05) is 0 Å². The van der Waals surface area contributed by atoms with Crippen LogP contribution in [0.3, 0.4) is 0 Å². The smallest absolute Gasteiger partial charge is 0.325 e. The average Bonchev–Trinajstić information content (AvgIpc) is 3.11. The highest BCUT2D eigenvalue weighted by Gasteiger charge is 2.45. The second-order valence-electron chi connectivity index (χ2n) is 6.58. The molecule has 0 spiro atoms. The minimum Gasteiger partial charge on any atom is -0.388 e. The number of aliphatic hydroxyl groups is 2. The van der Waals surface area contributed by atoms with Crippen molar-refractivity contribution in [3.63, 3.8) is 0 Å². The van der Waals surface area contributed by atoms with Crippen LogP contribution in [0.1, 0.15) is 18.2 Å². The summed E-state index contributed by atoms with van der Waals surface area (Å²) in [6, 6.07) is 0. The van der Waals surface area contributed by atoms with E-state index in [9.17, 15) is 14.8 Å². The summed E-state index contributed by atoms with van der Waals surface area (Å²) >= 11 is 0. The monoisotopic (exact) mass is 398 g/mol.